The fraction of sp³-hybridized carbons (Fsp3) is 0.360. The number of benzene rings is 3. The summed E-state index contributed by atoms with van der Waals surface area (Å²) >= 11 is 4.93. The van der Waals surface area contributed by atoms with Crippen molar-refractivity contribution in [3.8, 4) is 34.0 Å². The van der Waals surface area contributed by atoms with Crippen LogP contribution in [0.4, 0.5) is 0 Å². The number of halogens is 2. The summed E-state index contributed by atoms with van der Waals surface area (Å²) < 4.78 is 17.7. The van der Waals surface area contributed by atoms with Crippen LogP contribution in [0.25, 0.3) is 44.3 Å². The summed E-state index contributed by atoms with van der Waals surface area (Å²) in [6, 6.07) is 25.4. The molecule has 0 amide bonds. The molecular weight excluding hydrogens is 1030 g/mol. The smallest absolute Gasteiger partial charge is 0.128 e. The third-order valence-corrected chi connectivity index (χ3v) is 16.9. The molecule has 6 fully saturated rings. The van der Waals surface area contributed by atoms with Gasteiger partial charge in [0.25, 0.3) is 0 Å². The second kappa shape index (κ2) is 17.2. The maximum Gasteiger partial charge on any atom is 0.128 e. The molecular formula is C50H50I2N10O2. The summed E-state index contributed by atoms with van der Waals surface area (Å²) in [7, 11) is 3.43. The first-order chi connectivity index (χ1) is 31.3. The third kappa shape index (κ3) is 7.13. The van der Waals surface area contributed by atoms with Gasteiger partial charge in [0.05, 0.1) is 37.3 Å². The minimum absolute atomic E-state index is 0.0999. The standard InChI is InChI=1S/C50H50I2N10O2/c1-5-29-27-59-20-16-31(29)23-43(59)47(37-14-18-53-41-12-10-35(63-3)25-39(37)41)61-49(51)45(55-57-61)33-8-7-9-34(22-33)46-50(52)62(58-56-46)48(44-24-32-17-21-60(44)28-30(32)6-2)38-15-19-54-42-13-11-36(64-4)26-40(38)42/h5-15,18-19,22,25-26,29-32,43-44,47-48H,1-2,16-17,20-21,23-24,27-28H2,3-4H3/t29-,30-,31+,32+,43+,44+,47?,48?/m0/s1. The molecule has 4 unspecified atom stereocenters. The van der Waals surface area contributed by atoms with Gasteiger partial charge in [-0.05, 0) is 173 Å². The fourth-order valence-electron chi connectivity index (χ4n) is 11.6. The SMILES string of the molecule is C=C[C@H]1CN2CC[C@@H]1C[C@@H]2C(c1ccnc2ccc(OC)cc12)n1nnc(-c2cccc(-c3nnn(C(c4ccnc5ccc(OC)cc45)[C@H]4C[C@H]5CCN4C[C@@H]5C=C)c3I)c2)c1I. The molecule has 6 aliphatic heterocycles. The van der Waals surface area contributed by atoms with Crippen LogP contribution in [0.2, 0.25) is 0 Å². The molecule has 0 aliphatic carbocycles. The van der Waals surface area contributed by atoms with Crippen molar-refractivity contribution in [1.29, 1.82) is 0 Å². The second-order valence-corrected chi connectivity index (χ2v) is 19.9. The van der Waals surface area contributed by atoms with Crippen LogP contribution in [0.5, 0.6) is 11.5 Å². The van der Waals surface area contributed by atoms with Crippen molar-refractivity contribution in [3.63, 3.8) is 0 Å². The average molecular weight is 1080 g/mol. The van der Waals surface area contributed by atoms with Crippen LogP contribution in [0.3, 0.4) is 0 Å². The van der Waals surface area contributed by atoms with Crippen molar-refractivity contribution >= 4 is 67.0 Å². The van der Waals surface area contributed by atoms with Gasteiger partial charge in [-0.2, -0.15) is 0 Å². The molecule has 10 heterocycles. The summed E-state index contributed by atoms with van der Waals surface area (Å²) in [6.07, 6.45) is 12.7. The lowest BCUT2D eigenvalue weighted by Gasteiger charge is -2.51. The molecule has 0 N–H and O–H groups in total. The first-order valence-electron chi connectivity index (χ1n) is 22.3. The van der Waals surface area contributed by atoms with E-state index >= 15 is 0 Å². The molecule has 6 saturated heterocycles. The molecule has 14 heteroatoms. The fourth-order valence-corrected chi connectivity index (χ4v) is 13.2. The maximum atomic E-state index is 5.73. The Labute approximate surface area is 400 Å². The molecule has 4 bridgehead atoms. The van der Waals surface area contributed by atoms with Crippen LogP contribution in [-0.4, -0.2) is 102 Å². The Balaban J connectivity index is 0.986. The Morgan fingerprint density at radius 1 is 0.641 bits per heavy atom. The van der Waals surface area contributed by atoms with Gasteiger partial charge in [-0.25, -0.2) is 9.36 Å². The molecule has 3 aromatic carbocycles. The molecule has 12 nitrogen and oxygen atoms in total. The Morgan fingerprint density at radius 3 is 1.52 bits per heavy atom. The van der Waals surface area contributed by atoms with Crippen LogP contribution in [0.1, 0.15) is 48.9 Å². The molecule has 7 aromatic rings. The van der Waals surface area contributed by atoms with Gasteiger partial charge in [0.2, 0.25) is 0 Å². The minimum Gasteiger partial charge on any atom is -0.497 e. The van der Waals surface area contributed by atoms with E-state index in [9.17, 15) is 0 Å². The van der Waals surface area contributed by atoms with E-state index in [-0.39, 0.29) is 24.2 Å². The van der Waals surface area contributed by atoms with E-state index in [1.54, 1.807) is 14.2 Å². The van der Waals surface area contributed by atoms with Gasteiger partial charge < -0.3 is 9.47 Å². The Kier molecular flexibility index (Phi) is 11.3. The van der Waals surface area contributed by atoms with Gasteiger partial charge in [-0.1, -0.05) is 40.8 Å². The van der Waals surface area contributed by atoms with Crippen molar-refractivity contribution in [2.45, 2.75) is 49.9 Å². The van der Waals surface area contributed by atoms with Crippen molar-refractivity contribution in [3.05, 3.63) is 129 Å². The topological polar surface area (TPSA) is 112 Å². The van der Waals surface area contributed by atoms with Crippen molar-refractivity contribution in [1.82, 2.24) is 49.8 Å². The molecule has 4 aromatic heterocycles. The molecule has 0 radical (unpaired) electrons. The summed E-state index contributed by atoms with van der Waals surface area (Å²) in [5, 5.41) is 22.1. The number of rotatable bonds is 12. The van der Waals surface area contributed by atoms with Gasteiger partial charge in [0.15, 0.2) is 0 Å². The van der Waals surface area contributed by atoms with Crippen LogP contribution in [-0.2, 0) is 0 Å². The van der Waals surface area contributed by atoms with Crippen LogP contribution >= 0.6 is 45.2 Å². The second-order valence-electron chi connectivity index (χ2n) is 17.9. The number of nitrogens with zero attached hydrogens (tertiary/aromatic N) is 10. The van der Waals surface area contributed by atoms with Crippen LogP contribution in [0, 0.1) is 31.1 Å². The highest BCUT2D eigenvalue weighted by atomic mass is 127. The highest BCUT2D eigenvalue weighted by molar-refractivity contribution is 14.1. The van der Waals surface area contributed by atoms with Gasteiger partial charge in [-0.15, -0.1) is 23.4 Å². The number of fused-ring (bicyclic) bond motifs is 8. The van der Waals surface area contributed by atoms with E-state index in [1.807, 2.05) is 36.7 Å². The monoisotopic (exact) mass is 1080 g/mol. The largest absolute Gasteiger partial charge is 0.497 e. The Bertz CT molecular complexity index is 2720. The summed E-state index contributed by atoms with van der Waals surface area (Å²) in [5.74, 6) is 3.77. The number of pyridine rings is 2. The van der Waals surface area contributed by atoms with E-state index in [1.165, 1.54) is 24.0 Å². The minimum atomic E-state index is -0.0999. The zero-order chi connectivity index (χ0) is 43.6. The Morgan fingerprint density at radius 2 is 1.11 bits per heavy atom. The molecule has 6 aliphatic rings. The molecule has 13 rings (SSSR count). The lowest BCUT2D eigenvalue weighted by atomic mass is 9.73. The van der Waals surface area contributed by atoms with E-state index in [0.717, 1.165) is 102 Å². The first kappa shape index (κ1) is 41.9. The predicted octanol–water partition coefficient (Wildman–Crippen LogP) is 9.50. The predicted molar refractivity (Wildman–Crippen MR) is 266 cm³/mol. The zero-order valence-electron chi connectivity index (χ0n) is 36.0. The summed E-state index contributed by atoms with van der Waals surface area (Å²) in [5.41, 5.74) is 7.83. The van der Waals surface area contributed by atoms with E-state index in [0.29, 0.717) is 23.7 Å². The van der Waals surface area contributed by atoms with Gasteiger partial charge in [-0.3, -0.25) is 19.8 Å². The molecule has 0 saturated carbocycles. The third-order valence-electron chi connectivity index (χ3n) is 14.9. The molecule has 326 valence electrons. The number of aromatic nitrogens is 8. The summed E-state index contributed by atoms with van der Waals surface area (Å²) in [6.45, 7) is 12.5. The average Bonchev–Trinajstić information content (AvgIpc) is 3.93. The maximum absolute atomic E-state index is 5.73. The Hall–Kier alpha value is -4.78. The van der Waals surface area contributed by atoms with Crippen molar-refractivity contribution < 1.29 is 9.47 Å². The number of methoxy groups -OCH3 is 2. The quantitative estimate of drug-likeness (QED) is 0.0867. The number of ether oxygens (including phenoxy) is 2. The highest BCUT2D eigenvalue weighted by Gasteiger charge is 2.46. The number of hydrogen-bond acceptors (Lipinski definition) is 10. The van der Waals surface area contributed by atoms with Gasteiger partial charge in [0.1, 0.15) is 30.3 Å². The molecule has 64 heavy (non-hydrogen) atoms. The lowest BCUT2D eigenvalue weighted by molar-refractivity contribution is -0.000547. The zero-order valence-corrected chi connectivity index (χ0v) is 40.3. The first-order valence-corrected chi connectivity index (χ1v) is 24.4. The van der Waals surface area contributed by atoms with Gasteiger partial charge in [0, 0.05) is 59.5 Å². The van der Waals surface area contributed by atoms with Crippen LogP contribution in [0.15, 0.2) is 111 Å². The summed E-state index contributed by atoms with van der Waals surface area (Å²) in [4.78, 5) is 14.8. The van der Waals surface area contributed by atoms with E-state index < -0.39 is 0 Å². The lowest BCUT2D eigenvalue weighted by Crippen LogP contribution is -2.56. The highest BCUT2D eigenvalue weighted by Crippen LogP contribution is 2.47. The molecule has 0 spiro atoms. The normalized spacial score (nSPS) is 25.9. The van der Waals surface area contributed by atoms with Crippen LogP contribution < -0.4 is 9.47 Å². The van der Waals surface area contributed by atoms with Crippen molar-refractivity contribution in [2.24, 2.45) is 23.7 Å². The van der Waals surface area contributed by atoms with Crippen molar-refractivity contribution in [2.75, 3.05) is 40.4 Å². The number of hydrogen-bond donors (Lipinski definition) is 0. The van der Waals surface area contributed by atoms with E-state index in [2.05, 4.69) is 138 Å². The number of piperidine rings is 6. The van der Waals surface area contributed by atoms with E-state index in [4.69, 9.17) is 40.1 Å². The van der Waals surface area contributed by atoms with Gasteiger partial charge >= 0.3 is 0 Å². The molecule has 10 atom stereocenters.